The van der Waals surface area contributed by atoms with Crippen molar-refractivity contribution in [3.05, 3.63) is 106 Å². The molecule has 0 bridgehead atoms. The smallest absolute Gasteiger partial charge is 0.248 e. The lowest BCUT2D eigenvalue weighted by Gasteiger charge is -2.16. The van der Waals surface area contributed by atoms with E-state index in [4.69, 9.17) is 5.73 Å². The van der Waals surface area contributed by atoms with Crippen LogP contribution in [0, 0.1) is 6.92 Å². The summed E-state index contributed by atoms with van der Waals surface area (Å²) >= 11 is 0. The molecule has 3 aromatic rings. The molecular formula is C22H21NO. The first-order valence-electron chi connectivity index (χ1n) is 8.14. The number of benzene rings is 3. The molecule has 0 fully saturated rings. The van der Waals surface area contributed by atoms with Crippen molar-refractivity contribution in [1.82, 2.24) is 0 Å². The minimum absolute atomic E-state index is 0.366. The molecule has 2 nitrogen and oxygen atoms in total. The lowest BCUT2D eigenvalue weighted by molar-refractivity contribution is 0.0999. The van der Waals surface area contributed by atoms with E-state index in [1.807, 2.05) is 48.5 Å². The molecule has 2 N–H and O–H groups in total. The first-order valence-corrected chi connectivity index (χ1v) is 8.14. The van der Waals surface area contributed by atoms with Crippen LogP contribution in [0.15, 0.2) is 72.8 Å². The largest absolute Gasteiger partial charge is 0.366 e. The van der Waals surface area contributed by atoms with Crippen molar-refractivity contribution in [2.45, 2.75) is 19.8 Å². The normalized spacial score (nSPS) is 10.5. The van der Waals surface area contributed by atoms with E-state index in [9.17, 15) is 4.79 Å². The Hall–Kier alpha value is -2.87. The molecule has 0 aliphatic carbocycles. The average Bonchev–Trinajstić information content (AvgIpc) is 2.59. The second-order valence-corrected chi connectivity index (χ2v) is 6.08. The van der Waals surface area contributed by atoms with Crippen molar-refractivity contribution in [2.24, 2.45) is 5.73 Å². The van der Waals surface area contributed by atoms with E-state index >= 15 is 0 Å². The third-order valence-electron chi connectivity index (χ3n) is 4.38. The van der Waals surface area contributed by atoms with Crippen molar-refractivity contribution in [1.29, 1.82) is 0 Å². The molecule has 0 spiro atoms. The van der Waals surface area contributed by atoms with E-state index in [0.29, 0.717) is 12.0 Å². The second-order valence-electron chi connectivity index (χ2n) is 6.08. The first-order chi connectivity index (χ1) is 11.6. The topological polar surface area (TPSA) is 43.1 Å². The summed E-state index contributed by atoms with van der Waals surface area (Å²) in [5.74, 6) is -0.366. The Morgan fingerprint density at radius 2 is 1.25 bits per heavy atom. The van der Waals surface area contributed by atoms with E-state index in [-0.39, 0.29) is 5.91 Å². The van der Waals surface area contributed by atoms with E-state index < -0.39 is 0 Å². The van der Waals surface area contributed by atoms with Crippen molar-refractivity contribution >= 4 is 5.91 Å². The van der Waals surface area contributed by atoms with Gasteiger partial charge in [-0.1, -0.05) is 66.7 Å². The highest BCUT2D eigenvalue weighted by molar-refractivity contribution is 5.95. The molecule has 1 amide bonds. The van der Waals surface area contributed by atoms with Gasteiger partial charge in [0.1, 0.15) is 0 Å². The Morgan fingerprint density at radius 3 is 1.75 bits per heavy atom. The van der Waals surface area contributed by atoms with Gasteiger partial charge in [0, 0.05) is 5.56 Å². The summed E-state index contributed by atoms with van der Waals surface area (Å²) in [4.78, 5) is 12.0. The molecule has 0 saturated heterocycles. The van der Waals surface area contributed by atoms with Crippen molar-refractivity contribution in [3.8, 4) is 0 Å². The number of nitrogens with two attached hydrogens (primary N) is 1. The molecule has 0 heterocycles. The second kappa shape index (κ2) is 7.14. The molecule has 0 unspecified atom stereocenters. The summed E-state index contributed by atoms with van der Waals surface area (Å²) in [5, 5.41) is 0. The van der Waals surface area contributed by atoms with Crippen LogP contribution >= 0.6 is 0 Å². The van der Waals surface area contributed by atoms with Gasteiger partial charge in [-0.3, -0.25) is 4.79 Å². The Kier molecular flexibility index (Phi) is 4.76. The predicted octanol–water partition coefficient (Wildman–Crippen LogP) is 4.28. The maximum Gasteiger partial charge on any atom is 0.248 e. The number of hydrogen-bond donors (Lipinski definition) is 1. The number of amides is 1. The molecular weight excluding hydrogens is 294 g/mol. The van der Waals surface area contributed by atoms with E-state index in [0.717, 1.165) is 12.0 Å². The van der Waals surface area contributed by atoms with Gasteiger partial charge in [-0.05, 0) is 53.6 Å². The van der Waals surface area contributed by atoms with Crippen LogP contribution in [0.3, 0.4) is 0 Å². The van der Waals surface area contributed by atoms with Crippen LogP contribution in [-0.2, 0) is 12.8 Å². The quantitative estimate of drug-likeness (QED) is 0.750. The first kappa shape index (κ1) is 16.0. The highest BCUT2D eigenvalue weighted by Crippen LogP contribution is 2.25. The average molecular weight is 315 g/mol. The van der Waals surface area contributed by atoms with Crippen LogP contribution in [0.1, 0.15) is 38.2 Å². The summed E-state index contributed by atoms with van der Waals surface area (Å²) in [5.41, 5.74) is 12.1. The van der Waals surface area contributed by atoms with Crippen LogP contribution in [-0.4, -0.2) is 5.91 Å². The molecule has 120 valence electrons. The van der Waals surface area contributed by atoms with E-state index in [1.54, 1.807) is 0 Å². The molecule has 24 heavy (non-hydrogen) atoms. The van der Waals surface area contributed by atoms with Gasteiger partial charge < -0.3 is 5.73 Å². The van der Waals surface area contributed by atoms with Gasteiger partial charge in [-0.15, -0.1) is 0 Å². The zero-order valence-electron chi connectivity index (χ0n) is 13.8. The Balaban J connectivity index is 2.08. The molecule has 3 aromatic carbocycles. The predicted molar refractivity (Wildman–Crippen MR) is 98.2 cm³/mol. The Bertz CT molecular complexity index is 839. The zero-order chi connectivity index (χ0) is 16.9. The molecule has 0 radical (unpaired) electrons. The summed E-state index contributed by atoms with van der Waals surface area (Å²) < 4.78 is 0. The van der Waals surface area contributed by atoms with Gasteiger partial charge >= 0.3 is 0 Å². The monoisotopic (exact) mass is 315 g/mol. The third-order valence-corrected chi connectivity index (χ3v) is 4.38. The fraction of sp³-hybridized carbons (Fsp3) is 0.136. The lowest BCUT2D eigenvalue weighted by atomic mass is 9.88. The summed E-state index contributed by atoms with van der Waals surface area (Å²) in [7, 11) is 0. The number of carbonyl (C=O) groups excluding carboxylic acids is 1. The van der Waals surface area contributed by atoms with Crippen LogP contribution in [0.25, 0.3) is 0 Å². The Morgan fingerprint density at radius 1 is 0.750 bits per heavy atom. The van der Waals surface area contributed by atoms with Gasteiger partial charge in [0.05, 0.1) is 0 Å². The maximum absolute atomic E-state index is 12.0. The van der Waals surface area contributed by atoms with Crippen molar-refractivity contribution in [2.75, 3.05) is 0 Å². The fourth-order valence-electron chi connectivity index (χ4n) is 3.09. The van der Waals surface area contributed by atoms with Crippen LogP contribution in [0.4, 0.5) is 0 Å². The third kappa shape index (κ3) is 3.54. The van der Waals surface area contributed by atoms with Gasteiger partial charge in [0.15, 0.2) is 0 Å². The summed E-state index contributed by atoms with van der Waals surface area (Å²) in [6, 6.07) is 24.4. The van der Waals surface area contributed by atoms with E-state index in [1.165, 1.54) is 22.3 Å². The van der Waals surface area contributed by atoms with Gasteiger partial charge in [0.2, 0.25) is 5.91 Å². The zero-order valence-corrected chi connectivity index (χ0v) is 13.8. The number of primary amides is 1. The minimum Gasteiger partial charge on any atom is -0.366 e. The molecule has 0 aliphatic heterocycles. The molecule has 0 aromatic heterocycles. The highest BCUT2D eigenvalue weighted by atomic mass is 16.1. The number of aryl methyl sites for hydroxylation is 1. The van der Waals surface area contributed by atoms with Gasteiger partial charge in [-0.2, -0.15) is 0 Å². The Labute approximate surface area is 143 Å². The fourth-order valence-corrected chi connectivity index (χ4v) is 3.09. The van der Waals surface area contributed by atoms with Gasteiger partial charge in [-0.25, -0.2) is 0 Å². The molecule has 0 aliphatic rings. The summed E-state index contributed by atoms with van der Waals surface area (Å²) in [6.07, 6.45) is 1.51. The number of hydrogen-bond acceptors (Lipinski definition) is 1. The van der Waals surface area contributed by atoms with Crippen LogP contribution < -0.4 is 5.73 Å². The SMILES string of the molecule is Cc1ccc(C(N)=O)c(Cc2ccccc2)c1Cc1ccccc1. The van der Waals surface area contributed by atoms with Crippen LogP contribution in [0.2, 0.25) is 0 Å². The van der Waals surface area contributed by atoms with Crippen LogP contribution in [0.5, 0.6) is 0 Å². The lowest BCUT2D eigenvalue weighted by Crippen LogP contribution is -2.16. The maximum atomic E-state index is 12.0. The molecule has 0 saturated carbocycles. The highest BCUT2D eigenvalue weighted by Gasteiger charge is 2.15. The molecule has 3 rings (SSSR count). The number of carbonyl (C=O) groups is 1. The standard InChI is InChI=1S/C22H21NO/c1-16-12-13-19(22(23)24)21(15-18-10-6-3-7-11-18)20(16)14-17-8-4-2-5-9-17/h2-13H,14-15H2,1H3,(H2,23,24). The van der Waals surface area contributed by atoms with E-state index in [2.05, 4.69) is 31.2 Å². The van der Waals surface area contributed by atoms with Crippen molar-refractivity contribution < 1.29 is 4.79 Å². The van der Waals surface area contributed by atoms with Crippen molar-refractivity contribution in [3.63, 3.8) is 0 Å². The summed E-state index contributed by atoms with van der Waals surface area (Å²) in [6.45, 7) is 2.09. The minimum atomic E-state index is -0.366. The molecule has 2 heteroatoms. The molecule has 0 atom stereocenters. The number of rotatable bonds is 5. The van der Waals surface area contributed by atoms with Gasteiger partial charge in [0.25, 0.3) is 0 Å².